The van der Waals surface area contributed by atoms with E-state index in [0.717, 1.165) is 23.0 Å². The third-order valence-corrected chi connectivity index (χ3v) is 3.35. The second kappa shape index (κ2) is 5.24. The van der Waals surface area contributed by atoms with E-state index < -0.39 is 6.10 Å². The zero-order valence-electron chi connectivity index (χ0n) is 10.6. The van der Waals surface area contributed by atoms with E-state index in [-0.39, 0.29) is 0 Å². The maximum Gasteiger partial charge on any atom is 0.0941 e. The van der Waals surface area contributed by atoms with Crippen LogP contribution in [0.25, 0.3) is 10.9 Å². The Labute approximate surface area is 111 Å². The van der Waals surface area contributed by atoms with Gasteiger partial charge >= 0.3 is 0 Å². The minimum Gasteiger partial charge on any atom is -0.387 e. The molecule has 0 unspecified atom stereocenters. The number of aliphatic hydroxyl groups excluding tert-OH is 1. The van der Waals surface area contributed by atoms with Crippen LogP contribution in [0.1, 0.15) is 23.8 Å². The van der Waals surface area contributed by atoms with Gasteiger partial charge < -0.3 is 10.1 Å². The maximum absolute atomic E-state index is 10.2. The second-order valence-corrected chi connectivity index (χ2v) is 4.73. The van der Waals surface area contributed by atoms with Gasteiger partial charge in [0.25, 0.3) is 0 Å². The molecule has 3 rings (SSSR count). The van der Waals surface area contributed by atoms with Gasteiger partial charge in [0.05, 0.1) is 17.8 Å². The van der Waals surface area contributed by atoms with Gasteiger partial charge in [0.1, 0.15) is 0 Å². The average Bonchev–Trinajstić information content (AvgIpc) is 2.90. The molecule has 2 heterocycles. The quantitative estimate of drug-likeness (QED) is 0.749. The summed E-state index contributed by atoms with van der Waals surface area (Å²) in [5, 5.41) is 11.3. The smallest absolute Gasteiger partial charge is 0.0941 e. The number of aliphatic hydroxyl groups is 1. The number of fused-ring (bicyclic) bond motifs is 1. The van der Waals surface area contributed by atoms with Crippen LogP contribution in [0.15, 0.2) is 54.9 Å². The zero-order chi connectivity index (χ0) is 13.1. The molecule has 0 saturated carbocycles. The molecule has 0 aliphatic rings. The molecule has 0 fully saturated rings. The highest BCUT2D eigenvalue weighted by molar-refractivity contribution is 5.79. The fourth-order valence-corrected chi connectivity index (χ4v) is 2.28. The number of aromatic amines is 1. The van der Waals surface area contributed by atoms with Gasteiger partial charge in [-0.25, -0.2) is 0 Å². The van der Waals surface area contributed by atoms with Gasteiger partial charge in [-0.05, 0) is 30.5 Å². The summed E-state index contributed by atoms with van der Waals surface area (Å²) in [6.07, 6.45) is 4.66. The Hall–Kier alpha value is -2.13. The summed E-state index contributed by atoms with van der Waals surface area (Å²) < 4.78 is 0. The van der Waals surface area contributed by atoms with Crippen LogP contribution in [0.2, 0.25) is 0 Å². The van der Waals surface area contributed by atoms with Crippen molar-refractivity contribution >= 4 is 10.9 Å². The monoisotopic (exact) mass is 252 g/mol. The lowest BCUT2D eigenvalue weighted by Crippen LogP contribution is -1.99. The Bertz CT molecular complexity index is 628. The van der Waals surface area contributed by atoms with Gasteiger partial charge in [-0.1, -0.05) is 30.3 Å². The van der Waals surface area contributed by atoms with Crippen molar-refractivity contribution in [3.63, 3.8) is 0 Å². The van der Waals surface area contributed by atoms with E-state index in [1.807, 2.05) is 30.3 Å². The summed E-state index contributed by atoms with van der Waals surface area (Å²) in [6.45, 7) is 0. The number of pyridine rings is 1. The molecule has 2 aromatic heterocycles. The second-order valence-electron chi connectivity index (χ2n) is 4.73. The molecule has 96 valence electrons. The largest absolute Gasteiger partial charge is 0.387 e. The van der Waals surface area contributed by atoms with Gasteiger partial charge in [-0.15, -0.1) is 0 Å². The van der Waals surface area contributed by atoms with E-state index in [0.29, 0.717) is 6.42 Å². The van der Waals surface area contributed by atoms with Crippen molar-refractivity contribution in [2.75, 3.05) is 0 Å². The predicted molar refractivity (Wildman–Crippen MR) is 75.8 cm³/mol. The molecule has 19 heavy (non-hydrogen) atoms. The van der Waals surface area contributed by atoms with Crippen LogP contribution in [0.3, 0.4) is 0 Å². The van der Waals surface area contributed by atoms with Crippen molar-refractivity contribution in [1.29, 1.82) is 0 Å². The molecule has 0 amide bonds. The zero-order valence-corrected chi connectivity index (χ0v) is 10.6. The van der Waals surface area contributed by atoms with Crippen molar-refractivity contribution in [3.05, 3.63) is 66.1 Å². The normalized spacial score (nSPS) is 12.7. The van der Waals surface area contributed by atoms with Gasteiger partial charge in [0.2, 0.25) is 0 Å². The lowest BCUT2D eigenvalue weighted by Gasteiger charge is -2.08. The number of benzene rings is 1. The van der Waals surface area contributed by atoms with Crippen LogP contribution >= 0.6 is 0 Å². The predicted octanol–water partition coefficient (Wildman–Crippen LogP) is 3.23. The molecular weight excluding hydrogens is 236 g/mol. The van der Waals surface area contributed by atoms with Crippen molar-refractivity contribution in [2.24, 2.45) is 0 Å². The fraction of sp³-hybridized carbons (Fsp3) is 0.188. The van der Waals surface area contributed by atoms with Crippen LogP contribution in [0.4, 0.5) is 0 Å². The van der Waals surface area contributed by atoms with E-state index >= 15 is 0 Å². The van der Waals surface area contributed by atoms with E-state index in [9.17, 15) is 5.11 Å². The number of rotatable bonds is 4. The lowest BCUT2D eigenvalue weighted by molar-refractivity contribution is 0.164. The summed E-state index contributed by atoms with van der Waals surface area (Å²) >= 11 is 0. The highest BCUT2D eigenvalue weighted by Gasteiger charge is 2.10. The molecule has 0 bridgehead atoms. The molecule has 3 nitrogen and oxygen atoms in total. The Morgan fingerprint density at radius 1 is 1.16 bits per heavy atom. The highest BCUT2D eigenvalue weighted by atomic mass is 16.3. The first-order valence-corrected chi connectivity index (χ1v) is 6.47. The molecule has 1 atom stereocenters. The number of hydrogen-bond donors (Lipinski definition) is 2. The van der Waals surface area contributed by atoms with E-state index in [1.54, 1.807) is 12.4 Å². The van der Waals surface area contributed by atoms with Crippen molar-refractivity contribution in [2.45, 2.75) is 18.9 Å². The third kappa shape index (κ3) is 2.66. The van der Waals surface area contributed by atoms with Crippen molar-refractivity contribution < 1.29 is 5.11 Å². The number of aromatic nitrogens is 2. The Balaban J connectivity index is 1.71. The molecule has 0 spiro atoms. The van der Waals surface area contributed by atoms with E-state index in [4.69, 9.17) is 0 Å². The standard InChI is InChI=1S/C16H16N2O/c19-16(7-6-12-4-2-1-3-5-12)14-10-13-8-9-17-11-15(13)18-14/h1-5,8-11,16,18-19H,6-7H2/t16-/m0/s1. The van der Waals surface area contributed by atoms with Crippen molar-refractivity contribution in [3.8, 4) is 0 Å². The molecule has 2 N–H and O–H groups in total. The summed E-state index contributed by atoms with van der Waals surface area (Å²) in [6, 6.07) is 14.2. The first-order chi connectivity index (χ1) is 9.33. The summed E-state index contributed by atoms with van der Waals surface area (Å²) in [5.74, 6) is 0. The highest BCUT2D eigenvalue weighted by Crippen LogP contribution is 2.22. The lowest BCUT2D eigenvalue weighted by atomic mass is 10.1. The van der Waals surface area contributed by atoms with E-state index in [2.05, 4.69) is 22.1 Å². The number of hydrogen-bond acceptors (Lipinski definition) is 2. The molecule has 3 heteroatoms. The Morgan fingerprint density at radius 3 is 2.79 bits per heavy atom. The van der Waals surface area contributed by atoms with Crippen LogP contribution in [0.5, 0.6) is 0 Å². The number of aryl methyl sites for hydroxylation is 1. The van der Waals surface area contributed by atoms with Crippen LogP contribution in [0, 0.1) is 0 Å². The molecule has 0 radical (unpaired) electrons. The number of H-pyrrole nitrogens is 1. The third-order valence-electron chi connectivity index (χ3n) is 3.35. The summed E-state index contributed by atoms with van der Waals surface area (Å²) in [7, 11) is 0. The molecular formula is C16H16N2O. The van der Waals surface area contributed by atoms with Gasteiger partial charge in [-0.3, -0.25) is 4.98 Å². The maximum atomic E-state index is 10.2. The summed E-state index contributed by atoms with van der Waals surface area (Å²) in [4.78, 5) is 7.29. The average molecular weight is 252 g/mol. The molecule has 0 aliphatic carbocycles. The topological polar surface area (TPSA) is 48.9 Å². The Kier molecular flexibility index (Phi) is 3.29. The number of nitrogens with one attached hydrogen (secondary N) is 1. The minimum atomic E-state index is -0.465. The molecule has 0 aliphatic heterocycles. The van der Waals surface area contributed by atoms with Gasteiger partial charge in [-0.2, -0.15) is 0 Å². The fourth-order valence-electron chi connectivity index (χ4n) is 2.28. The minimum absolute atomic E-state index is 0.465. The molecule has 0 saturated heterocycles. The SMILES string of the molecule is O[C@@H](CCc1ccccc1)c1cc2ccncc2[nH]1. The van der Waals surface area contributed by atoms with Crippen LogP contribution in [-0.4, -0.2) is 15.1 Å². The first-order valence-electron chi connectivity index (χ1n) is 6.47. The van der Waals surface area contributed by atoms with Crippen LogP contribution in [-0.2, 0) is 6.42 Å². The van der Waals surface area contributed by atoms with Gasteiger partial charge in [0.15, 0.2) is 0 Å². The van der Waals surface area contributed by atoms with E-state index in [1.165, 1.54) is 5.56 Å². The van der Waals surface area contributed by atoms with Crippen LogP contribution < -0.4 is 0 Å². The Morgan fingerprint density at radius 2 is 2.00 bits per heavy atom. The molecule has 1 aromatic carbocycles. The van der Waals surface area contributed by atoms with Gasteiger partial charge in [0, 0.05) is 17.3 Å². The number of nitrogens with zero attached hydrogens (tertiary/aromatic N) is 1. The summed E-state index contributed by atoms with van der Waals surface area (Å²) in [5.41, 5.74) is 3.08. The first kappa shape index (κ1) is 11.9. The molecule has 3 aromatic rings. The van der Waals surface area contributed by atoms with Crippen molar-refractivity contribution in [1.82, 2.24) is 9.97 Å².